The third-order valence-corrected chi connectivity index (χ3v) is 5.36. The normalized spacial score (nSPS) is 11.1. The molecule has 0 spiro atoms. The van der Waals surface area contributed by atoms with E-state index in [9.17, 15) is 0 Å². The van der Waals surface area contributed by atoms with E-state index in [2.05, 4.69) is 72.8 Å². The number of nitrogens with two attached hydrogens (primary N) is 1. The van der Waals surface area contributed by atoms with Crippen LogP contribution < -0.4 is 15.5 Å². The predicted octanol–water partition coefficient (Wildman–Crippen LogP) is 5.33. The van der Waals surface area contributed by atoms with Gasteiger partial charge in [0.15, 0.2) is 0 Å². The quantitative estimate of drug-likeness (QED) is 0.363. The first kappa shape index (κ1) is 18.8. The first-order valence-electron chi connectivity index (χ1n) is 9.52. The van der Waals surface area contributed by atoms with Crippen molar-refractivity contribution in [1.29, 1.82) is 0 Å². The molecule has 4 aromatic rings. The van der Waals surface area contributed by atoms with Crippen molar-refractivity contribution in [3.05, 3.63) is 131 Å². The van der Waals surface area contributed by atoms with Gasteiger partial charge in [-0.05, 0) is 46.5 Å². The number of rotatable bonds is 6. The zero-order chi connectivity index (χ0) is 20.1. The summed E-state index contributed by atoms with van der Waals surface area (Å²) in [6.45, 7) is 0. The summed E-state index contributed by atoms with van der Waals surface area (Å²) in [4.78, 5) is 4.91. The Morgan fingerprint density at radius 2 is 0.897 bits per heavy atom. The minimum Gasteiger partial charge on any atom is -0.497 e. The number of benzene rings is 4. The minimum absolute atomic E-state index is 0.498. The summed E-state index contributed by atoms with van der Waals surface area (Å²) in [5.74, 6) is 6.81. The number of ether oxygens (including phenoxy) is 1. The molecule has 0 bridgehead atoms. The van der Waals surface area contributed by atoms with Crippen LogP contribution in [-0.2, 0) is 5.41 Å². The van der Waals surface area contributed by atoms with Crippen LogP contribution in [0.25, 0.3) is 0 Å². The standard InChI is InChI=1S/C26H23NO2/c1-28-24-16-12-22(13-17-24)26(20-8-4-2-5-9-20,21-10-6-3-7-11-21)23-14-18-25(29-27)19-15-23/h2-19H,27H2,1H3. The summed E-state index contributed by atoms with van der Waals surface area (Å²) in [7, 11) is 1.68. The molecule has 144 valence electrons. The first-order valence-corrected chi connectivity index (χ1v) is 9.52. The van der Waals surface area contributed by atoms with E-state index in [1.54, 1.807) is 7.11 Å². The van der Waals surface area contributed by atoms with Gasteiger partial charge in [0.1, 0.15) is 11.5 Å². The highest BCUT2D eigenvalue weighted by Crippen LogP contribution is 2.45. The Labute approximate surface area is 171 Å². The van der Waals surface area contributed by atoms with Gasteiger partial charge >= 0.3 is 0 Å². The van der Waals surface area contributed by atoms with Crippen LogP contribution in [0.4, 0.5) is 0 Å². The van der Waals surface area contributed by atoms with Gasteiger partial charge in [-0.15, -0.1) is 0 Å². The zero-order valence-electron chi connectivity index (χ0n) is 16.3. The van der Waals surface area contributed by atoms with E-state index >= 15 is 0 Å². The third kappa shape index (κ3) is 3.37. The summed E-state index contributed by atoms with van der Waals surface area (Å²) in [5, 5.41) is 0. The second-order valence-corrected chi connectivity index (χ2v) is 6.85. The van der Waals surface area contributed by atoms with Crippen molar-refractivity contribution in [2.45, 2.75) is 5.41 Å². The largest absolute Gasteiger partial charge is 0.497 e. The molecule has 29 heavy (non-hydrogen) atoms. The van der Waals surface area contributed by atoms with Crippen LogP contribution in [0.2, 0.25) is 0 Å². The highest BCUT2D eigenvalue weighted by atomic mass is 16.6. The Hall–Kier alpha value is -3.56. The number of methoxy groups -OCH3 is 1. The number of hydrogen-bond donors (Lipinski definition) is 1. The third-order valence-electron chi connectivity index (χ3n) is 5.36. The summed E-state index contributed by atoms with van der Waals surface area (Å²) in [6, 6.07) is 37.3. The van der Waals surface area contributed by atoms with Gasteiger partial charge in [0.2, 0.25) is 0 Å². The van der Waals surface area contributed by atoms with Gasteiger partial charge in [-0.2, -0.15) is 5.90 Å². The van der Waals surface area contributed by atoms with Crippen molar-refractivity contribution < 1.29 is 9.57 Å². The van der Waals surface area contributed by atoms with Crippen molar-refractivity contribution in [3.8, 4) is 11.5 Å². The smallest absolute Gasteiger partial charge is 0.146 e. The maximum Gasteiger partial charge on any atom is 0.146 e. The Morgan fingerprint density at radius 3 is 1.28 bits per heavy atom. The average Bonchev–Trinajstić information content (AvgIpc) is 2.82. The molecule has 0 aliphatic rings. The van der Waals surface area contributed by atoms with E-state index in [-0.39, 0.29) is 0 Å². The van der Waals surface area contributed by atoms with Gasteiger partial charge in [0.05, 0.1) is 12.5 Å². The van der Waals surface area contributed by atoms with E-state index < -0.39 is 5.41 Å². The van der Waals surface area contributed by atoms with Crippen LogP contribution in [0, 0.1) is 0 Å². The molecule has 2 N–H and O–H groups in total. The lowest BCUT2D eigenvalue weighted by molar-refractivity contribution is 0.334. The molecule has 4 aromatic carbocycles. The van der Waals surface area contributed by atoms with Crippen LogP contribution >= 0.6 is 0 Å². The second kappa shape index (κ2) is 8.21. The summed E-state index contributed by atoms with van der Waals surface area (Å²) in [5.41, 5.74) is 4.13. The molecule has 0 aliphatic carbocycles. The average molecular weight is 381 g/mol. The van der Waals surface area contributed by atoms with Gasteiger partial charge < -0.3 is 9.57 Å². The minimum atomic E-state index is -0.498. The fourth-order valence-corrected chi connectivity index (χ4v) is 4.00. The Balaban J connectivity index is 2.06. The van der Waals surface area contributed by atoms with E-state index in [0.29, 0.717) is 5.75 Å². The first-order chi connectivity index (χ1) is 14.3. The molecule has 0 saturated carbocycles. The van der Waals surface area contributed by atoms with Gasteiger partial charge in [0, 0.05) is 0 Å². The maximum atomic E-state index is 5.40. The van der Waals surface area contributed by atoms with Crippen molar-refractivity contribution in [2.75, 3.05) is 7.11 Å². The van der Waals surface area contributed by atoms with Crippen LogP contribution in [0.3, 0.4) is 0 Å². The number of hydrogen-bond acceptors (Lipinski definition) is 3. The van der Waals surface area contributed by atoms with Crippen molar-refractivity contribution in [3.63, 3.8) is 0 Å². The maximum absolute atomic E-state index is 5.40. The molecule has 0 radical (unpaired) electrons. The molecular weight excluding hydrogens is 358 g/mol. The van der Waals surface area contributed by atoms with Crippen LogP contribution in [0.15, 0.2) is 109 Å². The molecule has 0 unspecified atom stereocenters. The monoisotopic (exact) mass is 381 g/mol. The SMILES string of the molecule is COc1ccc(C(c2ccccc2)(c2ccccc2)c2ccc(ON)cc2)cc1. The highest BCUT2D eigenvalue weighted by molar-refractivity contribution is 5.60. The molecule has 3 heteroatoms. The molecule has 0 aromatic heterocycles. The summed E-state index contributed by atoms with van der Waals surface area (Å²) < 4.78 is 5.40. The summed E-state index contributed by atoms with van der Waals surface area (Å²) >= 11 is 0. The predicted molar refractivity (Wildman–Crippen MR) is 116 cm³/mol. The van der Waals surface area contributed by atoms with Crippen molar-refractivity contribution in [1.82, 2.24) is 0 Å². The van der Waals surface area contributed by atoms with Crippen LogP contribution in [0.1, 0.15) is 22.3 Å². The molecule has 0 heterocycles. The van der Waals surface area contributed by atoms with Gasteiger partial charge in [-0.3, -0.25) is 0 Å². The molecule has 3 nitrogen and oxygen atoms in total. The lowest BCUT2D eigenvalue weighted by Gasteiger charge is -2.37. The van der Waals surface area contributed by atoms with E-state index in [0.717, 1.165) is 16.9 Å². The molecule has 0 aliphatic heterocycles. The lowest BCUT2D eigenvalue weighted by atomic mass is 9.65. The van der Waals surface area contributed by atoms with Gasteiger partial charge in [-0.25, -0.2) is 0 Å². The lowest BCUT2D eigenvalue weighted by Crippen LogP contribution is -2.31. The molecule has 0 atom stereocenters. The molecule has 0 fully saturated rings. The molecule has 0 saturated heterocycles. The van der Waals surface area contributed by atoms with Crippen LogP contribution in [-0.4, -0.2) is 7.11 Å². The van der Waals surface area contributed by atoms with Crippen LogP contribution in [0.5, 0.6) is 11.5 Å². The fraction of sp³-hybridized carbons (Fsp3) is 0.0769. The Bertz CT molecular complexity index is 954. The van der Waals surface area contributed by atoms with Crippen molar-refractivity contribution in [2.24, 2.45) is 5.90 Å². The highest BCUT2D eigenvalue weighted by Gasteiger charge is 2.38. The topological polar surface area (TPSA) is 44.5 Å². The second-order valence-electron chi connectivity index (χ2n) is 6.85. The zero-order valence-corrected chi connectivity index (χ0v) is 16.3. The Morgan fingerprint density at radius 1 is 0.517 bits per heavy atom. The molecular formula is C26H23NO2. The summed E-state index contributed by atoms with van der Waals surface area (Å²) in [6.07, 6.45) is 0. The van der Waals surface area contributed by atoms with Gasteiger partial charge in [-0.1, -0.05) is 84.9 Å². The Kier molecular flexibility index (Phi) is 5.32. The van der Waals surface area contributed by atoms with E-state index in [1.807, 2.05) is 36.4 Å². The molecule has 4 rings (SSSR count). The molecule has 0 amide bonds. The van der Waals surface area contributed by atoms with E-state index in [1.165, 1.54) is 11.1 Å². The van der Waals surface area contributed by atoms with E-state index in [4.69, 9.17) is 15.5 Å². The fourth-order valence-electron chi connectivity index (χ4n) is 4.00. The van der Waals surface area contributed by atoms with Crippen molar-refractivity contribution >= 4 is 0 Å². The van der Waals surface area contributed by atoms with Gasteiger partial charge in [0.25, 0.3) is 0 Å².